The van der Waals surface area contributed by atoms with E-state index in [9.17, 15) is 9.59 Å². The lowest BCUT2D eigenvalue weighted by Gasteiger charge is -2.56. The van der Waals surface area contributed by atoms with Gasteiger partial charge in [0.05, 0.1) is 19.4 Å². The Balaban J connectivity index is 1.30. The van der Waals surface area contributed by atoms with Crippen LogP contribution in [-0.4, -0.2) is 94.3 Å². The number of amides is 2. The number of nitrogens with zero attached hydrogens (tertiary/aromatic N) is 5. The fourth-order valence-corrected chi connectivity index (χ4v) is 6.27. The molecule has 0 spiro atoms. The van der Waals surface area contributed by atoms with Gasteiger partial charge in [0, 0.05) is 57.3 Å². The molecule has 4 fully saturated rings. The molecule has 2 amide bonds. The van der Waals surface area contributed by atoms with Crippen LogP contribution in [0.1, 0.15) is 37.7 Å². The SMILES string of the molecule is Cc1cnn(CCCN2C[C@H]3C[C@@H](C2)[C@H](C(=O)N2CCOCC2)N2C(=O)CCC[C@@H]32)c1. The minimum atomic E-state index is -0.288. The highest BCUT2D eigenvalue weighted by molar-refractivity contribution is 5.89. The fourth-order valence-electron chi connectivity index (χ4n) is 6.27. The zero-order chi connectivity index (χ0) is 21.4. The van der Waals surface area contributed by atoms with Crippen molar-refractivity contribution in [2.45, 2.75) is 57.7 Å². The Kier molecular flexibility index (Phi) is 6.01. The van der Waals surface area contributed by atoms with Crippen molar-refractivity contribution in [2.24, 2.45) is 11.8 Å². The third kappa shape index (κ3) is 4.24. The maximum Gasteiger partial charge on any atom is 0.245 e. The Morgan fingerprint density at radius 1 is 1.19 bits per heavy atom. The summed E-state index contributed by atoms with van der Waals surface area (Å²) in [7, 11) is 0. The Hall–Kier alpha value is -1.93. The van der Waals surface area contributed by atoms with Crippen molar-refractivity contribution in [1.29, 1.82) is 0 Å². The number of fused-ring (bicyclic) bond motifs is 4. The minimum Gasteiger partial charge on any atom is -0.378 e. The summed E-state index contributed by atoms with van der Waals surface area (Å²) >= 11 is 0. The largest absolute Gasteiger partial charge is 0.378 e. The van der Waals surface area contributed by atoms with E-state index in [1.54, 1.807) is 0 Å². The maximum atomic E-state index is 13.6. The number of carbonyl (C=O) groups excluding carboxylic acids is 2. The van der Waals surface area contributed by atoms with Crippen LogP contribution in [0.4, 0.5) is 0 Å². The normalized spacial score (nSPS) is 31.6. The summed E-state index contributed by atoms with van der Waals surface area (Å²) in [5.74, 6) is 1.07. The number of aryl methyl sites for hydroxylation is 2. The number of likely N-dealkylation sites (tertiary alicyclic amines) is 1. The van der Waals surface area contributed by atoms with Gasteiger partial charge in [0.15, 0.2) is 0 Å². The third-order valence-corrected chi connectivity index (χ3v) is 7.62. The molecule has 1 aromatic heterocycles. The van der Waals surface area contributed by atoms with Crippen LogP contribution in [0.3, 0.4) is 0 Å². The molecule has 4 atom stereocenters. The number of morpholine rings is 1. The molecule has 5 rings (SSSR count). The molecule has 0 N–H and O–H groups in total. The lowest BCUT2D eigenvalue weighted by atomic mass is 9.71. The van der Waals surface area contributed by atoms with Gasteiger partial charge >= 0.3 is 0 Å². The quantitative estimate of drug-likeness (QED) is 0.702. The second-order valence-corrected chi connectivity index (χ2v) is 9.79. The predicted molar refractivity (Wildman–Crippen MR) is 115 cm³/mol. The van der Waals surface area contributed by atoms with Gasteiger partial charge in [-0.3, -0.25) is 14.3 Å². The van der Waals surface area contributed by atoms with Crippen LogP contribution in [0.2, 0.25) is 0 Å². The summed E-state index contributed by atoms with van der Waals surface area (Å²) in [6.45, 7) is 8.45. The van der Waals surface area contributed by atoms with Crippen LogP contribution in [-0.2, 0) is 20.9 Å². The van der Waals surface area contributed by atoms with E-state index in [1.807, 2.05) is 20.7 Å². The van der Waals surface area contributed by atoms with Crippen LogP contribution >= 0.6 is 0 Å². The van der Waals surface area contributed by atoms with E-state index in [0.717, 1.165) is 51.9 Å². The molecular formula is C23H35N5O3. The number of carbonyl (C=O) groups is 2. The highest BCUT2D eigenvalue weighted by Gasteiger charge is 2.52. The Bertz CT molecular complexity index is 805. The lowest BCUT2D eigenvalue weighted by molar-refractivity contribution is -0.167. The Labute approximate surface area is 184 Å². The van der Waals surface area contributed by atoms with E-state index in [1.165, 1.54) is 5.56 Å². The first-order valence-corrected chi connectivity index (χ1v) is 12.0. The summed E-state index contributed by atoms with van der Waals surface area (Å²) in [5.41, 5.74) is 1.19. The number of piperidine rings is 3. The molecule has 4 saturated heterocycles. The van der Waals surface area contributed by atoms with Crippen molar-refractivity contribution in [3.63, 3.8) is 0 Å². The topological polar surface area (TPSA) is 70.9 Å². The van der Waals surface area contributed by atoms with E-state index >= 15 is 0 Å². The smallest absolute Gasteiger partial charge is 0.245 e. The van der Waals surface area contributed by atoms with Gasteiger partial charge in [-0.25, -0.2) is 0 Å². The van der Waals surface area contributed by atoms with E-state index < -0.39 is 0 Å². The first-order chi connectivity index (χ1) is 15.1. The Morgan fingerprint density at radius 3 is 2.77 bits per heavy atom. The molecule has 8 nitrogen and oxygen atoms in total. The van der Waals surface area contributed by atoms with Gasteiger partial charge in [-0.1, -0.05) is 0 Å². The molecule has 0 aliphatic carbocycles. The molecule has 0 saturated carbocycles. The van der Waals surface area contributed by atoms with Gasteiger partial charge in [0.2, 0.25) is 11.8 Å². The van der Waals surface area contributed by atoms with E-state index in [2.05, 4.69) is 23.1 Å². The average Bonchev–Trinajstić information content (AvgIpc) is 3.20. The number of ether oxygens (including phenoxy) is 1. The van der Waals surface area contributed by atoms with Gasteiger partial charge in [0.25, 0.3) is 0 Å². The predicted octanol–water partition coefficient (Wildman–Crippen LogP) is 1.14. The standard InChI is InChI=1S/C23H35N5O3/c1-17-13-24-27(14-17)7-3-6-25-15-18-12-19(16-25)22(23(30)26-8-10-31-11-9-26)28-20(18)4-2-5-21(28)29/h13-14,18-20,22H,2-12,15-16H2,1H3/t18-,19+,20+,22-/m1/s1. The van der Waals surface area contributed by atoms with Gasteiger partial charge in [-0.2, -0.15) is 5.10 Å². The van der Waals surface area contributed by atoms with E-state index in [-0.39, 0.29) is 29.8 Å². The monoisotopic (exact) mass is 429 g/mol. The zero-order valence-corrected chi connectivity index (χ0v) is 18.6. The van der Waals surface area contributed by atoms with Crippen LogP contribution in [0.15, 0.2) is 12.4 Å². The molecule has 0 radical (unpaired) electrons. The molecule has 8 heteroatoms. The van der Waals surface area contributed by atoms with Crippen molar-refractivity contribution in [3.8, 4) is 0 Å². The maximum absolute atomic E-state index is 13.6. The summed E-state index contributed by atoms with van der Waals surface area (Å²) in [6.07, 6.45) is 8.71. The molecule has 170 valence electrons. The molecule has 0 unspecified atom stereocenters. The Morgan fingerprint density at radius 2 is 2.00 bits per heavy atom. The van der Waals surface area contributed by atoms with Gasteiger partial charge in [0.1, 0.15) is 6.04 Å². The van der Waals surface area contributed by atoms with Crippen molar-refractivity contribution in [3.05, 3.63) is 18.0 Å². The van der Waals surface area contributed by atoms with Gasteiger partial charge < -0.3 is 19.4 Å². The van der Waals surface area contributed by atoms with Crippen molar-refractivity contribution in [2.75, 3.05) is 45.9 Å². The number of hydrogen-bond acceptors (Lipinski definition) is 5. The van der Waals surface area contributed by atoms with Crippen molar-refractivity contribution >= 4 is 11.8 Å². The molecule has 2 bridgehead atoms. The van der Waals surface area contributed by atoms with Crippen LogP contribution in [0, 0.1) is 18.8 Å². The van der Waals surface area contributed by atoms with Crippen LogP contribution in [0.5, 0.6) is 0 Å². The first-order valence-electron chi connectivity index (χ1n) is 12.0. The average molecular weight is 430 g/mol. The summed E-state index contributed by atoms with van der Waals surface area (Å²) < 4.78 is 7.48. The molecule has 1 aromatic rings. The fraction of sp³-hybridized carbons (Fsp3) is 0.783. The summed E-state index contributed by atoms with van der Waals surface area (Å²) in [6, 6.07) is -0.0622. The summed E-state index contributed by atoms with van der Waals surface area (Å²) in [5, 5.41) is 4.40. The minimum absolute atomic E-state index is 0.154. The number of aromatic nitrogens is 2. The first kappa shape index (κ1) is 20.9. The second-order valence-electron chi connectivity index (χ2n) is 9.79. The molecule has 4 aliphatic rings. The van der Waals surface area contributed by atoms with Gasteiger partial charge in [-0.15, -0.1) is 0 Å². The van der Waals surface area contributed by atoms with Crippen LogP contribution in [0.25, 0.3) is 0 Å². The number of hydrogen-bond donors (Lipinski definition) is 0. The lowest BCUT2D eigenvalue weighted by Crippen LogP contribution is -2.69. The zero-order valence-electron chi connectivity index (χ0n) is 18.6. The molecule has 4 aliphatic heterocycles. The van der Waals surface area contributed by atoms with Crippen molar-refractivity contribution < 1.29 is 14.3 Å². The summed E-state index contributed by atoms with van der Waals surface area (Å²) in [4.78, 5) is 33.1. The second kappa shape index (κ2) is 8.90. The van der Waals surface area contributed by atoms with E-state index in [0.29, 0.717) is 38.6 Å². The van der Waals surface area contributed by atoms with Crippen molar-refractivity contribution in [1.82, 2.24) is 24.5 Å². The highest BCUT2D eigenvalue weighted by Crippen LogP contribution is 2.42. The van der Waals surface area contributed by atoms with E-state index in [4.69, 9.17) is 4.74 Å². The molecular weight excluding hydrogens is 394 g/mol. The molecule has 31 heavy (non-hydrogen) atoms. The van der Waals surface area contributed by atoms with Gasteiger partial charge in [-0.05, 0) is 50.6 Å². The number of rotatable bonds is 5. The molecule has 0 aromatic carbocycles. The highest BCUT2D eigenvalue weighted by atomic mass is 16.5. The molecule has 5 heterocycles. The van der Waals surface area contributed by atoms with Crippen LogP contribution < -0.4 is 0 Å². The third-order valence-electron chi connectivity index (χ3n) is 7.62.